The van der Waals surface area contributed by atoms with Crippen molar-refractivity contribution in [1.29, 1.82) is 0 Å². The molecule has 0 aliphatic carbocycles. The molecule has 2 heterocycles. The summed E-state index contributed by atoms with van der Waals surface area (Å²) in [4.78, 5) is 24.6. The third-order valence-electron chi connectivity index (χ3n) is 4.67. The number of furan rings is 1. The molecule has 0 radical (unpaired) electrons. The van der Waals surface area contributed by atoms with E-state index in [1.807, 2.05) is 65.4 Å². The molecule has 2 amide bonds. The number of amides is 2. The standard InChI is InChI=1S/C24H21N3O3/c28-23(21-8-4-14-27(21)17-19-6-2-1-3-7-19)25-16-18-10-12-20(13-11-18)26-24(29)22-9-5-15-30-22/h1-15H,16-17H2,(H,25,28)(H,26,29). The molecule has 0 saturated heterocycles. The van der Waals surface area contributed by atoms with Crippen LogP contribution in [0.1, 0.15) is 32.2 Å². The fourth-order valence-electron chi connectivity index (χ4n) is 3.12. The number of hydrogen-bond acceptors (Lipinski definition) is 3. The number of carbonyl (C=O) groups excluding carboxylic acids is 2. The first-order valence-corrected chi connectivity index (χ1v) is 9.60. The predicted molar refractivity (Wildman–Crippen MR) is 114 cm³/mol. The zero-order valence-corrected chi connectivity index (χ0v) is 16.2. The molecule has 0 unspecified atom stereocenters. The maximum absolute atomic E-state index is 12.6. The molecule has 0 atom stereocenters. The lowest BCUT2D eigenvalue weighted by Gasteiger charge is -2.11. The lowest BCUT2D eigenvalue weighted by Crippen LogP contribution is -2.25. The lowest BCUT2D eigenvalue weighted by molar-refractivity contribution is 0.0941. The van der Waals surface area contributed by atoms with E-state index in [2.05, 4.69) is 10.6 Å². The van der Waals surface area contributed by atoms with Gasteiger partial charge in [-0.1, -0.05) is 42.5 Å². The fraction of sp³-hybridized carbons (Fsp3) is 0.0833. The second-order valence-electron chi connectivity index (χ2n) is 6.82. The second-order valence-corrected chi connectivity index (χ2v) is 6.82. The van der Waals surface area contributed by atoms with Crippen LogP contribution in [0.3, 0.4) is 0 Å². The SMILES string of the molecule is O=C(Nc1ccc(CNC(=O)c2cccn2Cc2ccccc2)cc1)c1ccco1. The van der Waals surface area contributed by atoms with Crippen molar-refractivity contribution in [1.82, 2.24) is 9.88 Å². The van der Waals surface area contributed by atoms with Crippen LogP contribution in [0.15, 0.2) is 95.7 Å². The van der Waals surface area contributed by atoms with Crippen molar-refractivity contribution >= 4 is 17.5 Å². The molecule has 0 bridgehead atoms. The molecule has 0 saturated carbocycles. The largest absolute Gasteiger partial charge is 0.459 e. The van der Waals surface area contributed by atoms with Crippen LogP contribution in [0.2, 0.25) is 0 Å². The molecule has 0 spiro atoms. The van der Waals surface area contributed by atoms with Crippen LogP contribution < -0.4 is 10.6 Å². The topological polar surface area (TPSA) is 76.3 Å². The van der Waals surface area contributed by atoms with Gasteiger partial charge < -0.3 is 19.6 Å². The first kappa shape index (κ1) is 19.3. The first-order valence-electron chi connectivity index (χ1n) is 9.60. The average molecular weight is 399 g/mol. The van der Waals surface area contributed by atoms with Crippen molar-refractivity contribution in [2.75, 3.05) is 5.32 Å². The number of carbonyl (C=O) groups is 2. The summed E-state index contributed by atoms with van der Waals surface area (Å²) in [7, 11) is 0. The van der Waals surface area contributed by atoms with E-state index in [0.717, 1.165) is 11.1 Å². The smallest absolute Gasteiger partial charge is 0.291 e. The first-order chi connectivity index (χ1) is 14.7. The van der Waals surface area contributed by atoms with Crippen molar-refractivity contribution in [3.05, 3.63) is 114 Å². The lowest BCUT2D eigenvalue weighted by atomic mass is 10.2. The van der Waals surface area contributed by atoms with Gasteiger partial charge in [0.15, 0.2) is 5.76 Å². The Morgan fingerprint density at radius 2 is 1.60 bits per heavy atom. The van der Waals surface area contributed by atoms with Crippen LogP contribution in [-0.4, -0.2) is 16.4 Å². The number of aromatic nitrogens is 1. The van der Waals surface area contributed by atoms with E-state index in [0.29, 0.717) is 24.5 Å². The summed E-state index contributed by atoms with van der Waals surface area (Å²) in [5.74, 6) is -0.184. The van der Waals surface area contributed by atoms with Crippen LogP contribution in [0, 0.1) is 0 Å². The summed E-state index contributed by atoms with van der Waals surface area (Å²) in [5.41, 5.74) is 3.33. The minimum Gasteiger partial charge on any atom is -0.459 e. The van der Waals surface area contributed by atoms with Crippen LogP contribution >= 0.6 is 0 Å². The van der Waals surface area contributed by atoms with Gasteiger partial charge in [-0.2, -0.15) is 0 Å². The van der Waals surface area contributed by atoms with E-state index in [1.165, 1.54) is 6.26 Å². The monoisotopic (exact) mass is 399 g/mol. The second kappa shape index (κ2) is 8.96. The van der Waals surface area contributed by atoms with Gasteiger partial charge in [-0.25, -0.2) is 0 Å². The van der Waals surface area contributed by atoms with Gasteiger partial charge in [0.1, 0.15) is 5.69 Å². The summed E-state index contributed by atoms with van der Waals surface area (Å²) in [6.45, 7) is 1.03. The molecule has 2 aromatic carbocycles. The highest BCUT2D eigenvalue weighted by atomic mass is 16.3. The van der Waals surface area contributed by atoms with Crippen LogP contribution in [0.25, 0.3) is 0 Å². The quantitative estimate of drug-likeness (QED) is 0.486. The highest BCUT2D eigenvalue weighted by Crippen LogP contribution is 2.13. The number of anilines is 1. The maximum atomic E-state index is 12.6. The van der Waals surface area contributed by atoms with Crippen molar-refractivity contribution in [3.8, 4) is 0 Å². The Morgan fingerprint density at radius 3 is 2.33 bits per heavy atom. The average Bonchev–Trinajstić information content (AvgIpc) is 3.46. The maximum Gasteiger partial charge on any atom is 0.291 e. The molecule has 4 rings (SSSR count). The Bertz CT molecular complexity index is 1110. The van der Waals surface area contributed by atoms with E-state index in [9.17, 15) is 9.59 Å². The van der Waals surface area contributed by atoms with E-state index in [1.54, 1.807) is 24.3 Å². The Labute approximate surface area is 174 Å². The molecule has 6 heteroatoms. The van der Waals surface area contributed by atoms with Gasteiger partial charge in [0, 0.05) is 25.0 Å². The van der Waals surface area contributed by atoms with Gasteiger partial charge in [-0.15, -0.1) is 0 Å². The Morgan fingerprint density at radius 1 is 0.800 bits per heavy atom. The van der Waals surface area contributed by atoms with Gasteiger partial charge in [0.25, 0.3) is 11.8 Å². The van der Waals surface area contributed by atoms with Crippen LogP contribution in [0.5, 0.6) is 0 Å². The predicted octanol–water partition coefficient (Wildman–Crippen LogP) is 4.31. The van der Waals surface area contributed by atoms with E-state index < -0.39 is 0 Å². The number of nitrogens with one attached hydrogen (secondary N) is 2. The highest BCUT2D eigenvalue weighted by Gasteiger charge is 2.11. The van der Waals surface area contributed by atoms with Crippen LogP contribution in [0.4, 0.5) is 5.69 Å². The Balaban J connectivity index is 1.33. The van der Waals surface area contributed by atoms with Crippen molar-refractivity contribution in [3.63, 3.8) is 0 Å². The van der Waals surface area contributed by atoms with Crippen LogP contribution in [-0.2, 0) is 13.1 Å². The molecule has 150 valence electrons. The molecular weight excluding hydrogens is 378 g/mol. The molecule has 2 N–H and O–H groups in total. The van der Waals surface area contributed by atoms with E-state index >= 15 is 0 Å². The van der Waals surface area contributed by atoms with E-state index in [4.69, 9.17) is 4.42 Å². The Hall–Kier alpha value is -4.06. The van der Waals surface area contributed by atoms with E-state index in [-0.39, 0.29) is 17.6 Å². The third kappa shape index (κ3) is 4.67. The molecule has 0 fully saturated rings. The summed E-state index contributed by atoms with van der Waals surface area (Å²) in [6, 6.07) is 24.3. The number of rotatable bonds is 7. The van der Waals surface area contributed by atoms with Gasteiger partial charge in [0.05, 0.1) is 6.26 Å². The highest BCUT2D eigenvalue weighted by molar-refractivity contribution is 6.02. The van der Waals surface area contributed by atoms with Gasteiger partial charge >= 0.3 is 0 Å². The number of hydrogen-bond donors (Lipinski definition) is 2. The molecule has 6 nitrogen and oxygen atoms in total. The zero-order valence-electron chi connectivity index (χ0n) is 16.2. The van der Waals surface area contributed by atoms with Crippen molar-refractivity contribution in [2.24, 2.45) is 0 Å². The molecule has 4 aromatic rings. The summed E-state index contributed by atoms with van der Waals surface area (Å²) >= 11 is 0. The number of nitrogens with zero attached hydrogens (tertiary/aromatic N) is 1. The summed E-state index contributed by atoms with van der Waals surface area (Å²) in [5, 5.41) is 5.71. The normalized spacial score (nSPS) is 10.5. The molecule has 2 aromatic heterocycles. The zero-order chi connectivity index (χ0) is 20.8. The minimum atomic E-state index is -0.305. The van der Waals surface area contributed by atoms with Crippen molar-refractivity contribution < 1.29 is 14.0 Å². The van der Waals surface area contributed by atoms with Gasteiger partial charge in [-0.3, -0.25) is 9.59 Å². The minimum absolute atomic E-state index is 0.133. The molecular formula is C24H21N3O3. The fourth-order valence-corrected chi connectivity index (χ4v) is 3.12. The van der Waals surface area contributed by atoms with Gasteiger partial charge in [-0.05, 0) is 47.5 Å². The molecule has 30 heavy (non-hydrogen) atoms. The van der Waals surface area contributed by atoms with Crippen molar-refractivity contribution in [2.45, 2.75) is 13.1 Å². The summed E-state index contributed by atoms with van der Waals surface area (Å²) < 4.78 is 7.01. The van der Waals surface area contributed by atoms with Gasteiger partial charge in [0.2, 0.25) is 0 Å². The molecule has 0 aliphatic rings. The number of benzene rings is 2. The third-order valence-corrected chi connectivity index (χ3v) is 4.67. The summed E-state index contributed by atoms with van der Waals surface area (Å²) in [6.07, 6.45) is 3.36. The Kier molecular flexibility index (Phi) is 5.75. The molecule has 0 aliphatic heterocycles.